The molecule has 1 aromatic rings. The average Bonchev–Trinajstić information content (AvgIpc) is 2.40. The minimum Gasteiger partial charge on any atom is -0.320 e. The Balaban J connectivity index is 2.81. The summed E-state index contributed by atoms with van der Waals surface area (Å²) >= 11 is 0. The summed E-state index contributed by atoms with van der Waals surface area (Å²) in [5, 5.41) is 0. The second-order valence-corrected chi connectivity index (χ2v) is 4.57. The van der Waals surface area contributed by atoms with Crippen molar-refractivity contribution in [2.24, 2.45) is 5.73 Å². The van der Waals surface area contributed by atoms with Crippen molar-refractivity contribution in [3.63, 3.8) is 0 Å². The maximum Gasteiger partial charge on any atom is 0.243 e. The van der Waals surface area contributed by atoms with Crippen LogP contribution in [0, 0.1) is 0 Å². The third-order valence-electron chi connectivity index (χ3n) is 2.99. The predicted molar refractivity (Wildman–Crippen MR) is 76.6 cm³/mol. The van der Waals surface area contributed by atoms with Crippen molar-refractivity contribution in [2.45, 2.75) is 45.6 Å². The van der Waals surface area contributed by atoms with Gasteiger partial charge in [-0.3, -0.25) is 4.79 Å². The minimum absolute atomic E-state index is 0.0384. The van der Waals surface area contributed by atoms with Crippen LogP contribution in [0.25, 0.3) is 0 Å². The SMILES string of the molecule is CCCCN(C(=O)C(N)CCC)c1ccccc1. The van der Waals surface area contributed by atoms with Gasteiger partial charge in [-0.1, -0.05) is 44.9 Å². The number of amides is 1. The molecule has 1 aromatic carbocycles. The topological polar surface area (TPSA) is 46.3 Å². The van der Waals surface area contributed by atoms with Gasteiger partial charge in [0.25, 0.3) is 0 Å². The van der Waals surface area contributed by atoms with Crippen LogP contribution in [0.5, 0.6) is 0 Å². The number of carbonyl (C=O) groups excluding carboxylic acids is 1. The fourth-order valence-corrected chi connectivity index (χ4v) is 1.93. The summed E-state index contributed by atoms with van der Waals surface area (Å²) in [6, 6.07) is 9.41. The lowest BCUT2D eigenvalue weighted by Gasteiger charge is -2.25. The molecule has 0 saturated heterocycles. The molecule has 1 atom stereocenters. The van der Waals surface area contributed by atoms with Crippen LogP contribution in [0.1, 0.15) is 39.5 Å². The van der Waals surface area contributed by atoms with Gasteiger partial charge in [0.05, 0.1) is 6.04 Å². The molecule has 0 bridgehead atoms. The molecule has 3 nitrogen and oxygen atoms in total. The lowest BCUT2D eigenvalue weighted by atomic mass is 10.1. The number of hydrogen-bond donors (Lipinski definition) is 1. The number of nitrogens with two attached hydrogens (primary N) is 1. The predicted octanol–water partition coefficient (Wildman–Crippen LogP) is 2.95. The summed E-state index contributed by atoms with van der Waals surface area (Å²) in [6.07, 6.45) is 3.75. The fraction of sp³-hybridized carbons (Fsp3) is 0.533. The van der Waals surface area contributed by atoms with Crippen molar-refractivity contribution in [1.82, 2.24) is 0 Å². The summed E-state index contributed by atoms with van der Waals surface area (Å²) < 4.78 is 0. The normalized spacial score (nSPS) is 12.2. The van der Waals surface area contributed by atoms with Gasteiger partial charge in [-0.15, -0.1) is 0 Å². The summed E-state index contributed by atoms with van der Waals surface area (Å²) in [7, 11) is 0. The largest absolute Gasteiger partial charge is 0.320 e. The van der Waals surface area contributed by atoms with E-state index in [0.29, 0.717) is 0 Å². The Hall–Kier alpha value is -1.35. The molecule has 0 heterocycles. The number of unbranched alkanes of at least 4 members (excludes halogenated alkanes) is 1. The Bertz CT molecular complexity index is 351. The van der Waals surface area contributed by atoms with Crippen LogP contribution < -0.4 is 10.6 Å². The van der Waals surface area contributed by atoms with E-state index in [-0.39, 0.29) is 11.9 Å². The van der Waals surface area contributed by atoms with Crippen molar-refractivity contribution < 1.29 is 4.79 Å². The molecule has 1 rings (SSSR count). The lowest BCUT2D eigenvalue weighted by molar-refractivity contribution is -0.120. The second-order valence-electron chi connectivity index (χ2n) is 4.57. The summed E-state index contributed by atoms with van der Waals surface area (Å²) in [6.45, 7) is 4.92. The van der Waals surface area contributed by atoms with Crippen LogP contribution in [0.3, 0.4) is 0 Å². The van der Waals surface area contributed by atoms with Gasteiger partial charge in [0, 0.05) is 12.2 Å². The standard InChI is InChI=1S/C15H24N2O/c1-3-5-12-17(13-10-7-6-8-11-13)15(18)14(16)9-4-2/h6-8,10-11,14H,3-5,9,12,16H2,1-2H3. The van der Waals surface area contributed by atoms with Gasteiger partial charge in [0.1, 0.15) is 0 Å². The van der Waals surface area contributed by atoms with E-state index in [2.05, 4.69) is 6.92 Å². The molecule has 2 N–H and O–H groups in total. The highest BCUT2D eigenvalue weighted by Gasteiger charge is 2.20. The van der Waals surface area contributed by atoms with Crippen LogP contribution in [0.15, 0.2) is 30.3 Å². The Morgan fingerprint density at radius 3 is 2.44 bits per heavy atom. The van der Waals surface area contributed by atoms with E-state index in [1.54, 1.807) is 0 Å². The number of nitrogens with zero attached hydrogens (tertiary/aromatic N) is 1. The van der Waals surface area contributed by atoms with E-state index in [4.69, 9.17) is 5.73 Å². The highest BCUT2D eigenvalue weighted by atomic mass is 16.2. The van der Waals surface area contributed by atoms with E-state index in [1.165, 1.54) is 0 Å². The van der Waals surface area contributed by atoms with Gasteiger partial charge in [-0.05, 0) is 25.0 Å². The molecule has 1 unspecified atom stereocenters. The molecule has 100 valence electrons. The lowest BCUT2D eigenvalue weighted by Crippen LogP contribution is -2.44. The highest BCUT2D eigenvalue weighted by Crippen LogP contribution is 2.16. The first kappa shape index (κ1) is 14.7. The van der Waals surface area contributed by atoms with E-state index in [9.17, 15) is 4.79 Å². The molecule has 0 aliphatic heterocycles. The number of anilines is 1. The highest BCUT2D eigenvalue weighted by molar-refractivity contribution is 5.96. The minimum atomic E-state index is -0.382. The number of para-hydroxylation sites is 1. The van der Waals surface area contributed by atoms with Crippen molar-refractivity contribution >= 4 is 11.6 Å². The van der Waals surface area contributed by atoms with Crippen LogP contribution in [-0.2, 0) is 4.79 Å². The zero-order chi connectivity index (χ0) is 13.4. The summed E-state index contributed by atoms with van der Waals surface area (Å²) in [5.74, 6) is 0.0384. The molecule has 0 aliphatic rings. The molecule has 0 fully saturated rings. The fourth-order valence-electron chi connectivity index (χ4n) is 1.93. The van der Waals surface area contributed by atoms with Gasteiger partial charge in [0.15, 0.2) is 0 Å². The molecular formula is C15H24N2O. The van der Waals surface area contributed by atoms with Gasteiger partial charge in [0.2, 0.25) is 5.91 Å². The summed E-state index contributed by atoms with van der Waals surface area (Å²) in [4.78, 5) is 14.2. The van der Waals surface area contributed by atoms with E-state index >= 15 is 0 Å². The smallest absolute Gasteiger partial charge is 0.243 e. The van der Waals surface area contributed by atoms with Crippen molar-refractivity contribution in [3.8, 4) is 0 Å². The van der Waals surface area contributed by atoms with Crippen molar-refractivity contribution in [2.75, 3.05) is 11.4 Å². The quantitative estimate of drug-likeness (QED) is 0.806. The monoisotopic (exact) mass is 248 g/mol. The van der Waals surface area contributed by atoms with Crippen LogP contribution in [-0.4, -0.2) is 18.5 Å². The van der Waals surface area contributed by atoms with E-state index in [0.717, 1.165) is 37.9 Å². The number of rotatable bonds is 7. The second kappa shape index (κ2) is 7.88. The van der Waals surface area contributed by atoms with Crippen LogP contribution >= 0.6 is 0 Å². The molecule has 3 heteroatoms. The third kappa shape index (κ3) is 4.15. The Morgan fingerprint density at radius 2 is 1.89 bits per heavy atom. The van der Waals surface area contributed by atoms with Crippen LogP contribution in [0.2, 0.25) is 0 Å². The van der Waals surface area contributed by atoms with E-state index in [1.807, 2.05) is 42.2 Å². The molecule has 1 amide bonds. The van der Waals surface area contributed by atoms with Gasteiger partial charge in [-0.25, -0.2) is 0 Å². The Kier molecular flexibility index (Phi) is 6.44. The van der Waals surface area contributed by atoms with Crippen molar-refractivity contribution in [1.29, 1.82) is 0 Å². The zero-order valence-corrected chi connectivity index (χ0v) is 11.4. The Labute approximate surface area is 110 Å². The van der Waals surface area contributed by atoms with Gasteiger partial charge in [-0.2, -0.15) is 0 Å². The molecule has 0 spiro atoms. The number of benzene rings is 1. The molecular weight excluding hydrogens is 224 g/mol. The first-order valence-electron chi connectivity index (χ1n) is 6.82. The third-order valence-corrected chi connectivity index (χ3v) is 2.99. The molecule has 0 aromatic heterocycles. The van der Waals surface area contributed by atoms with E-state index < -0.39 is 0 Å². The maximum atomic E-state index is 12.3. The Morgan fingerprint density at radius 1 is 1.22 bits per heavy atom. The molecule has 0 saturated carbocycles. The summed E-state index contributed by atoms with van der Waals surface area (Å²) in [5.41, 5.74) is 6.89. The van der Waals surface area contributed by atoms with Gasteiger partial charge < -0.3 is 10.6 Å². The van der Waals surface area contributed by atoms with Gasteiger partial charge >= 0.3 is 0 Å². The molecule has 18 heavy (non-hydrogen) atoms. The van der Waals surface area contributed by atoms with Crippen molar-refractivity contribution in [3.05, 3.63) is 30.3 Å². The molecule has 0 aliphatic carbocycles. The molecule has 0 radical (unpaired) electrons. The first-order chi connectivity index (χ1) is 8.70. The average molecular weight is 248 g/mol. The zero-order valence-electron chi connectivity index (χ0n) is 11.4. The first-order valence-corrected chi connectivity index (χ1v) is 6.82. The van der Waals surface area contributed by atoms with Crippen LogP contribution in [0.4, 0.5) is 5.69 Å². The number of carbonyl (C=O) groups is 1. The number of hydrogen-bond acceptors (Lipinski definition) is 2. The maximum absolute atomic E-state index is 12.3.